The smallest absolute Gasteiger partial charge is 0.265 e. The van der Waals surface area contributed by atoms with Crippen LogP contribution >= 0.6 is 0 Å². The molecular weight excluding hydrogens is 316 g/mol. The highest BCUT2D eigenvalue weighted by Gasteiger charge is 2.24. The maximum atomic E-state index is 11.8. The van der Waals surface area contributed by atoms with Gasteiger partial charge in [-0.05, 0) is 54.3 Å². The Morgan fingerprint density at radius 3 is 2.96 bits per heavy atom. The molecule has 1 atom stereocenters. The predicted molar refractivity (Wildman–Crippen MR) is 96.0 cm³/mol. The SMILES string of the molecule is COc1ccc2c(c1)CCN(Cc1ccc3c(c1)NC(=O)C(C)O3)C2. The molecule has 4 rings (SSSR count). The number of anilines is 1. The van der Waals surface area contributed by atoms with E-state index in [9.17, 15) is 4.79 Å². The van der Waals surface area contributed by atoms with Crippen LogP contribution in [-0.4, -0.2) is 30.6 Å². The molecule has 1 unspecified atom stereocenters. The highest BCUT2D eigenvalue weighted by Crippen LogP contribution is 2.31. The van der Waals surface area contributed by atoms with E-state index in [1.54, 1.807) is 14.0 Å². The van der Waals surface area contributed by atoms with Gasteiger partial charge in [0.05, 0.1) is 12.8 Å². The molecule has 2 heterocycles. The Kier molecular flexibility index (Phi) is 4.09. The van der Waals surface area contributed by atoms with E-state index in [2.05, 4.69) is 28.4 Å². The molecule has 25 heavy (non-hydrogen) atoms. The monoisotopic (exact) mass is 338 g/mol. The van der Waals surface area contributed by atoms with E-state index in [4.69, 9.17) is 9.47 Å². The number of nitrogens with zero attached hydrogens (tertiary/aromatic N) is 1. The molecular formula is C20H22N2O3. The molecule has 0 saturated carbocycles. The fraction of sp³-hybridized carbons (Fsp3) is 0.350. The minimum Gasteiger partial charge on any atom is -0.497 e. The number of hydrogen-bond donors (Lipinski definition) is 1. The summed E-state index contributed by atoms with van der Waals surface area (Å²) >= 11 is 0. The lowest BCUT2D eigenvalue weighted by Gasteiger charge is -2.29. The van der Waals surface area contributed by atoms with E-state index in [0.29, 0.717) is 0 Å². The maximum Gasteiger partial charge on any atom is 0.265 e. The summed E-state index contributed by atoms with van der Waals surface area (Å²) in [5, 5.41) is 2.92. The Bertz CT molecular complexity index is 819. The van der Waals surface area contributed by atoms with Crippen LogP contribution in [0.1, 0.15) is 23.6 Å². The molecule has 0 saturated heterocycles. The van der Waals surface area contributed by atoms with Crippen molar-refractivity contribution in [2.24, 2.45) is 0 Å². The van der Waals surface area contributed by atoms with Crippen molar-refractivity contribution < 1.29 is 14.3 Å². The van der Waals surface area contributed by atoms with Gasteiger partial charge in [-0.2, -0.15) is 0 Å². The normalized spacial score (nSPS) is 19.4. The van der Waals surface area contributed by atoms with Gasteiger partial charge in [0, 0.05) is 19.6 Å². The summed E-state index contributed by atoms with van der Waals surface area (Å²) < 4.78 is 10.9. The zero-order valence-electron chi connectivity index (χ0n) is 14.5. The second-order valence-corrected chi connectivity index (χ2v) is 6.68. The molecule has 2 aliphatic heterocycles. The van der Waals surface area contributed by atoms with Gasteiger partial charge in [0.25, 0.3) is 5.91 Å². The first-order chi connectivity index (χ1) is 12.1. The molecule has 5 heteroatoms. The average Bonchev–Trinajstić information content (AvgIpc) is 2.62. The standard InChI is InChI=1S/C20H22N2O3/c1-13-20(23)21-18-9-14(3-6-19(18)25-13)11-22-8-7-15-10-17(24-2)5-4-16(15)12-22/h3-6,9-10,13H,7-8,11-12H2,1-2H3,(H,21,23). The van der Waals surface area contributed by atoms with Crippen LogP contribution in [0.4, 0.5) is 5.69 Å². The summed E-state index contributed by atoms with van der Waals surface area (Å²) in [6.07, 6.45) is 0.586. The molecule has 130 valence electrons. The highest BCUT2D eigenvalue weighted by molar-refractivity contribution is 5.97. The third kappa shape index (κ3) is 3.20. The number of rotatable bonds is 3. The fourth-order valence-corrected chi connectivity index (χ4v) is 3.46. The lowest BCUT2D eigenvalue weighted by molar-refractivity contribution is -0.122. The number of ether oxygens (including phenoxy) is 2. The number of methoxy groups -OCH3 is 1. The highest BCUT2D eigenvalue weighted by atomic mass is 16.5. The number of carbonyl (C=O) groups excluding carboxylic acids is 1. The largest absolute Gasteiger partial charge is 0.497 e. The first-order valence-corrected chi connectivity index (χ1v) is 8.61. The van der Waals surface area contributed by atoms with Gasteiger partial charge in [-0.15, -0.1) is 0 Å². The van der Waals surface area contributed by atoms with Crippen molar-refractivity contribution in [1.82, 2.24) is 4.90 Å². The van der Waals surface area contributed by atoms with Gasteiger partial charge in [-0.25, -0.2) is 0 Å². The lowest BCUT2D eigenvalue weighted by Crippen LogP contribution is -2.34. The van der Waals surface area contributed by atoms with Crippen LogP contribution in [0.25, 0.3) is 0 Å². The minimum absolute atomic E-state index is 0.0921. The topological polar surface area (TPSA) is 50.8 Å². The van der Waals surface area contributed by atoms with E-state index in [1.165, 1.54) is 16.7 Å². The van der Waals surface area contributed by atoms with Crippen molar-refractivity contribution in [2.45, 2.75) is 32.5 Å². The van der Waals surface area contributed by atoms with Gasteiger partial charge in [-0.1, -0.05) is 12.1 Å². The van der Waals surface area contributed by atoms with Crippen LogP contribution < -0.4 is 14.8 Å². The number of nitrogens with one attached hydrogen (secondary N) is 1. The average molecular weight is 338 g/mol. The molecule has 0 spiro atoms. The zero-order valence-corrected chi connectivity index (χ0v) is 14.5. The number of amides is 1. The Balaban J connectivity index is 1.48. The van der Waals surface area contributed by atoms with Crippen LogP contribution in [-0.2, 0) is 24.3 Å². The summed E-state index contributed by atoms with van der Waals surface area (Å²) in [6, 6.07) is 12.4. The number of benzene rings is 2. The van der Waals surface area contributed by atoms with Gasteiger partial charge in [-0.3, -0.25) is 9.69 Å². The number of carbonyl (C=O) groups is 1. The van der Waals surface area contributed by atoms with E-state index in [1.807, 2.05) is 18.2 Å². The molecule has 1 N–H and O–H groups in total. The summed E-state index contributed by atoms with van der Waals surface area (Å²) in [4.78, 5) is 14.2. The molecule has 0 radical (unpaired) electrons. The zero-order chi connectivity index (χ0) is 17.4. The Morgan fingerprint density at radius 1 is 1.24 bits per heavy atom. The van der Waals surface area contributed by atoms with Crippen LogP contribution in [0, 0.1) is 0 Å². The Morgan fingerprint density at radius 2 is 2.12 bits per heavy atom. The first kappa shape index (κ1) is 16.0. The molecule has 0 bridgehead atoms. The lowest BCUT2D eigenvalue weighted by atomic mass is 9.99. The molecule has 2 aromatic carbocycles. The predicted octanol–water partition coefficient (Wildman–Crippen LogP) is 2.97. The van der Waals surface area contributed by atoms with Crippen LogP contribution in [0.2, 0.25) is 0 Å². The Labute approximate surface area is 147 Å². The molecule has 0 fully saturated rings. The van der Waals surface area contributed by atoms with Crippen LogP contribution in [0.5, 0.6) is 11.5 Å². The van der Waals surface area contributed by atoms with E-state index < -0.39 is 6.10 Å². The van der Waals surface area contributed by atoms with Crippen molar-refractivity contribution in [3.05, 3.63) is 53.1 Å². The molecule has 2 aromatic rings. The summed E-state index contributed by atoms with van der Waals surface area (Å²) in [5.41, 5.74) is 4.67. The minimum atomic E-state index is -0.436. The third-order valence-corrected chi connectivity index (χ3v) is 4.89. The molecule has 0 aromatic heterocycles. The fourth-order valence-electron chi connectivity index (χ4n) is 3.46. The van der Waals surface area contributed by atoms with E-state index in [-0.39, 0.29) is 5.91 Å². The third-order valence-electron chi connectivity index (χ3n) is 4.89. The quantitative estimate of drug-likeness (QED) is 0.935. The van der Waals surface area contributed by atoms with E-state index in [0.717, 1.165) is 43.2 Å². The van der Waals surface area contributed by atoms with Crippen molar-refractivity contribution in [3.63, 3.8) is 0 Å². The second kappa shape index (κ2) is 6.41. The first-order valence-electron chi connectivity index (χ1n) is 8.61. The Hall–Kier alpha value is -2.53. The van der Waals surface area contributed by atoms with Crippen molar-refractivity contribution >= 4 is 11.6 Å². The van der Waals surface area contributed by atoms with Crippen molar-refractivity contribution in [3.8, 4) is 11.5 Å². The molecule has 2 aliphatic rings. The van der Waals surface area contributed by atoms with E-state index >= 15 is 0 Å². The number of hydrogen-bond acceptors (Lipinski definition) is 4. The van der Waals surface area contributed by atoms with Gasteiger partial charge < -0.3 is 14.8 Å². The van der Waals surface area contributed by atoms with Gasteiger partial charge in [0.2, 0.25) is 0 Å². The van der Waals surface area contributed by atoms with Gasteiger partial charge in [0.1, 0.15) is 11.5 Å². The van der Waals surface area contributed by atoms with Crippen LogP contribution in [0.3, 0.4) is 0 Å². The summed E-state index contributed by atoms with van der Waals surface area (Å²) in [5.74, 6) is 1.57. The van der Waals surface area contributed by atoms with Crippen LogP contribution in [0.15, 0.2) is 36.4 Å². The van der Waals surface area contributed by atoms with Crippen molar-refractivity contribution in [2.75, 3.05) is 19.0 Å². The van der Waals surface area contributed by atoms with Crippen molar-refractivity contribution in [1.29, 1.82) is 0 Å². The molecule has 5 nitrogen and oxygen atoms in total. The summed E-state index contributed by atoms with van der Waals surface area (Å²) in [6.45, 7) is 4.55. The molecule has 0 aliphatic carbocycles. The second-order valence-electron chi connectivity index (χ2n) is 6.68. The van der Waals surface area contributed by atoms with Gasteiger partial charge >= 0.3 is 0 Å². The van der Waals surface area contributed by atoms with Gasteiger partial charge in [0.15, 0.2) is 6.10 Å². The number of fused-ring (bicyclic) bond motifs is 2. The maximum absolute atomic E-state index is 11.8. The summed E-state index contributed by atoms with van der Waals surface area (Å²) in [7, 11) is 1.70. The molecule has 1 amide bonds.